The molecule has 0 spiro atoms. The van der Waals surface area contributed by atoms with Gasteiger partial charge in [0.2, 0.25) is 10.0 Å². The maximum absolute atomic E-state index is 12.0. The fourth-order valence-electron chi connectivity index (χ4n) is 1.33. The van der Waals surface area contributed by atoms with E-state index in [9.17, 15) is 13.2 Å². The number of amides is 1. The third-order valence-electron chi connectivity index (χ3n) is 2.73. The lowest BCUT2D eigenvalue weighted by Gasteiger charge is -2.23. The number of sulfonamides is 1. The monoisotopic (exact) mass is 364 g/mol. The average molecular weight is 365 g/mol. The number of nitrogens with one attached hydrogen (secondary N) is 1. The highest BCUT2D eigenvalue weighted by atomic mass is 79.9. The van der Waals surface area contributed by atoms with E-state index in [4.69, 9.17) is 9.88 Å². The fraction of sp³-hybridized carbons (Fsp3) is 0.417. The minimum absolute atomic E-state index is 0.129. The van der Waals surface area contributed by atoms with Crippen LogP contribution in [0.15, 0.2) is 27.6 Å². The van der Waals surface area contributed by atoms with Crippen molar-refractivity contribution in [2.75, 3.05) is 13.7 Å². The lowest BCUT2D eigenvalue weighted by Crippen LogP contribution is -2.39. The molecular weight excluding hydrogens is 348 g/mol. The van der Waals surface area contributed by atoms with Crippen LogP contribution >= 0.6 is 15.9 Å². The van der Waals surface area contributed by atoms with E-state index in [1.54, 1.807) is 7.11 Å². The summed E-state index contributed by atoms with van der Waals surface area (Å²) >= 11 is 3.09. The zero-order chi connectivity index (χ0) is 15.6. The van der Waals surface area contributed by atoms with Crippen molar-refractivity contribution in [2.45, 2.75) is 24.3 Å². The SMILES string of the molecule is COC(C)(C)CNC(=O)c1ccc(Br)c(S(N)(=O)=O)c1. The minimum Gasteiger partial charge on any atom is -0.377 e. The summed E-state index contributed by atoms with van der Waals surface area (Å²) in [5, 5.41) is 7.76. The molecule has 0 heterocycles. The van der Waals surface area contributed by atoms with Gasteiger partial charge in [-0.15, -0.1) is 0 Å². The second-order valence-corrected chi connectivity index (χ2v) is 7.22. The number of methoxy groups -OCH3 is 1. The molecule has 0 aliphatic heterocycles. The number of rotatable bonds is 5. The Hall–Kier alpha value is -0.960. The number of halogens is 1. The van der Waals surface area contributed by atoms with E-state index in [0.717, 1.165) is 0 Å². The third-order valence-corrected chi connectivity index (χ3v) is 4.63. The molecule has 0 fully saturated rings. The Morgan fingerprint density at radius 2 is 2.05 bits per heavy atom. The van der Waals surface area contributed by atoms with Gasteiger partial charge in [0.05, 0.1) is 10.5 Å². The maximum atomic E-state index is 12.0. The van der Waals surface area contributed by atoms with Gasteiger partial charge in [0.1, 0.15) is 0 Å². The molecule has 3 N–H and O–H groups in total. The van der Waals surface area contributed by atoms with Crippen LogP contribution < -0.4 is 10.5 Å². The van der Waals surface area contributed by atoms with Gasteiger partial charge in [-0.05, 0) is 48.0 Å². The van der Waals surface area contributed by atoms with Gasteiger partial charge >= 0.3 is 0 Å². The zero-order valence-electron chi connectivity index (χ0n) is 11.4. The molecule has 112 valence electrons. The van der Waals surface area contributed by atoms with Crippen molar-refractivity contribution in [3.8, 4) is 0 Å². The molecule has 0 unspecified atom stereocenters. The van der Waals surface area contributed by atoms with Crippen LogP contribution in [0.25, 0.3) is 0 Å². The molecule has 6 nitrogen and oxygen atoms in total. The molecule has 0 aromatic heterocycles. The van der Waals surface area contributed by atoms with Crippen LogP contribution in [-0.2, 0) is 14.8 Å². The van der Waals surface area contributed by atoms with E-state index < -0.39 is 21.5 Å². The summed E-state index contributed by atoms with van der Waals surface area (Å²) in [5.74, 6) is -0.396. The molecule has 1 aromatic carbocycles. The quantitative estimate of drug-likeness (QED) is 0.821. The number of nitrogens with two attached hydrogens (primary N) is 1. The minimum atomic E-state index is -3.89. The topological polar surface area (TPSA) is 98.5 Å². The van der Waals surface area contributed by atoms with Gasteiger partial charge in [0, 0.05) is 23.7 Å². The molecule has 20 heavy (non-hydrogen) atoms. The highest BCUT2D eigenvalue weighted by Gasteiger charge is 2.20. The van der Waals surface area contributed by atoms with E-state index in [2.05, 4.69) is 21.2 Å². The molecule has 1 aromatic rings. The van der Waals surface area contributed by atoms with Gasteiger partial charge in [0.25, 0.3) is 5.91 Å². The number of hydrogen-bond acceptors (Lipinski definition) is 4. The van der Waals surface area contributed by atoms with Crippen molar-refractivity contribution in [2.24, 2.45) is 5.14 Å². The summed E-state index contributed by atoms with van der Waals surface area (Å²) in [6.07, 6.45) is 0. The second kappa shape index (κ2) is 6.21. The summed E-state index contributed by atoms with van der Waals surface area (Å²) in [6.45, 7) is 3.94. The number of carbonyl (C=O) groups is 1. The van der Waals surface area contributed by atoms with Crippen molar-refractivity contribution in [3.05, 3.63) is 28.2 Å². The molecule has 0 radical (unpaired) electrons. The van der Waals surface area contributed by atoms with Crippen LogP contribution in [0.1, 0.15) is 24.2 Å². The first-order valence-electron chi connectivity index (χ1n) is 5.72. The average Bonchev–Trinajstić information content (AvgIpc) is 2.35. The Morgan fingerprint density at radius 1 is 1.45 bits per heavy atom. The first-order chi connectivity index (χ1) is 9.07. The van der Waals surface area contributed by atoms with Crippen LogP contribution in [0, 0.1) is 0 Å². The normalized spacial score (nSPS) is 12.2. The van der Waals surface area contributed by atoms with E-state index in [1.165, 1.54) is 18.2 Å². The van der Waals surface area contributed by atoms with E-state index in [0.29, 0.717) is 11.0 Å². The van der Waals surface area contributed by atoms with Gasteiger partial charge in [-0.1, -0.05) is 0 Å². The van der Waals surface area contributed by atoms with Crippen LogP contribution in [0.3, 0.4) is 0 Å². The number of benzene rings is 1. The van der Waals surface area contributed by atoms with Gasteiger partial charge in [-0.3, -0.25) is 4.79 Å². The van der Waals surface area contributed by atoms with Crippen LogP contribution in [0.5, 0.6) is 0 Å². The standard InChI is InChI=1S/C12H17BrN2O4S/c1-12(2,19-3)7-15-11(16)8-4-5-9(13)10(6-8)20(14,17)18/h4-6H,7H2,1-3H3,(H,15,16)(H2,14,17,18). The molecule has 8 heteroatoms. The summed E-state index contributed by atoms with van der Waals surface area (Å²) in [4.78, 5) is 11.9. The number of ether oxygens (including phenoxy) is 1. The zero-order valence-corrected chi connectivity index (χ0v) is 13.8. The Balaban J connectivity index is 2.96. The third kappa shape index (κ3) is 4.55. The van der Waals surface area contributed by atoms with Crippen LogP contribution in [-0.4, -0.2) is 33.6 Å². The molecular formula is C12H17BrN2O4S. The number of hydrogen-bond donors (Lipinski definition) is 2. The van der Waals surface area contributed by atoms with Crippen molar-refractivity contribution < 1.29 is 17.9 Å². The number of carbonyl (C=O) groups excluding carboxylic acids is 1. The predicted octanol–water partition coefficient (Wildman–Crippen LogP) is 1.25. The van der Waals surface area contributed by atoms with E-state index in [-0.39, 0.29) is 10.5 Å². The van der Waals surface area contributed by atoms with Crippen molar-refractivity contribution >= 4 is 31.9 Å². The first-order valence-corrected chi connectivity index (χ1v) is 8.06. The fourth-order valence-corrected chi connectivity index (χ4v) is 2.88. The molecule has 0 saturated carbocycles. The largest absolute Gasteiger partial charge is 0.377 e. The van der Waals surface area contributed by atoms with Crippen molar-refractivity contribution in [1.29, 1.82) is 0 Å². The Morgan fingerprint density at radius 3 is 2.55 bits per heavy atom. The van der Waals surface area contributed by atoms with Crippen molar-refractivity contribution in [3.63, 3.8) is 0 Å². The lowest BCUT2D eigenvalue weighted by molar-refractivity contribution is 0.0228. The predicted molar refractivity (Wildman–Crippen MR) is 78.9 cm³/mol. The summed E-state index contributed by atoms with van der Waals surface area (Å²) in [6, 6.07) is 4.21. The molecule has 1 rings (SSSR count). The lowest BCUT2D eigenvalue weighted by atomic mass is 10.1. The van der Waals surface area contributed by atoms with Crippen molar-refractivity contribution in [1.82, 2.24) is 5.32 Å². The highest BCUT2D eigenvalue weighted by molar-refractivity contribution is 9.10. The van der Waals surface area contributed by atoms with E-state index in [1.807, 2.05) is 13.8 Å². The van der Waals surface area contributed by atoms with Crippen LogP contribution in [0.4, 0.5) is 0 Å². The second-order valence-electron chi connectivity index (χ2n) is 4.84. The van der Waals surface area contributed by atoms with E-state index >= 15 is 0 Å². The van der Waals surface area contributed by atoms with Gasteiger partial charge in [-0.25, -0.2) is 13.6 Å². The molecule has 0 aliphatic rings. The van der Waals surface area contributed by atoms with Gasteiger partial charge in [0.15, 0.2) is 0 Å². The van der Waals surface area contributed by atoms with Gasteiger partial charge < -0.3 is 10.1 Å². The molecule has 0 bridgehead atoms. The Kier molecular flexibility index (Phi) is 5.31. The Bertz CT molecular complexity index is 614. The Labute approximate surface area is 126 Å². The smallest absolute Gasteiger partial charge is 0.251 e. The highest BCUT2D eigenvalue weighted by Crippen LogP contribution is 2.22. The molecule has 1 amide bonds. The maximum Gasteiger partial charge on any atom is 0.251 e. The summed E-state index contributed by atoms with van der Waals surface area (Å²) in [7, 11) is -2.34. The molecule has 0 saturated heterocycles. The summed E-state index contributed by atoms with van der Waals surface area (Å²) < 4.78 is 28.3. The number of primary sulfonamides is 1. The van der Waals surface area contributed by atoms with Crippen LogP contribution in [0.2, 0.25) is 0 Å². The van der Waals surface area contributed by atoms with Gasteiger partial charge in [-0.2, -0.15) is 0 Å². The summed E-state index contributed by atoms with van der Waals surface area (Å²) in [5.41, 5.74) is -0.294. The molecule has 0 aliphatic carbocycles. The first kappa shape index (κ1) is 17.1. The molecule has 0 atom stereocenters.